The Bertz CT molecular complexity index is 1460. The van der Waals surface area contributed by atoms with Gasteiger partial charge in [0.05, 0.1) is 36.4 Å². The zero-order valence-electron chi connectivity index (χ0n) is 34.7. The predicted molar refractivity (Wildman–Crippen MR) is 211 cm³/mol. The molecule has 2 aliphatic rings. The number of hydrogen-bond acceptors (Lipinski definition) is 11. The van der Waals surface area contributed by atoms with Gasteiger partial charge in [-0.25, -0.2) is 0 Å². The van der Waals surface area contributed by atoms with E-state index >= 15 is 0 Å². The van der Waals surface area contributed by atoms with Gasteiger partial charge >= 0.3 is 11.9 Å². The quantitative estimate of drug-likeness (QED) is 0.0554. The molecular weight excluding hydrogens is 706 g/mol. The Labute approximate surface area is 328 Å². The fraction of sp³-hybridized carbons (Fsp3) is 0.651. The Morgan fingerprint density at radius 1 is 1.13 bits per heavy atom. The maximum Gasteiger partial charge on any atom is 0.309 e. The Morgan fingerprint density at radius 3 is 2.29 bits per heavy atom. The number of hydrogen-bond donors (Lipinski definition) is 5. The molecule has 0 aliphatic carbocycles. The number of rotatable bonds is 13. The molecule has 5 N–H and O–H groups in total. The number of benzene rings is 1. The second kappa shape index (κ2) is 21.2. The lowest BCUT2D eigenvalue weighted by Gasteiger charge is -2.32. The molecule has 0 amide bonds. The Morgan fingerprint density at radius 2 is 1.75 bits per heavy atom. The van der Waals surface area contributed by atoms with Crippen LogP contribution in [-0.2, 0) is 45.3 Å². The fourth-order valence-corrected chi connectivity index (χ4v) is 7.02. The fourth-order valence-electron chi connectivity index (χ4n) is 7.02. The minimum Gasteiger partial charge on any atom is -0.483 e. The smallest absolute Gasteiger partial charge is 0.309 e. The van der Waals surface area contributed by atoms with E-state index in [1.807, 2.05) is 13.8 Å². The van der Waals surface area contributed by atoms with Crippen LogP contribution in [0.5, 0.6) is 0 Å². The van der Waals surface area contributed by atoms with Gasteiger partial charge in [0.1, 0.15) is 23.9 Å². The maximum absolute atomic E-state index is 12.9. The van der Waals surface area contributed by atoms with E-state index in [0.29, 0.717) is 12.1 Å². The van der Waals surface area contributed by atoms with Gasteiger partial charge in [0, 0.05) is 32.4 Å². The molecule has 1 aromatic carbocycles. The van der Waals surface area contributed by atoms with E-state index in [4.69, 9.17) is 28.8 Å². The summed E-state index contributed by atoms with van der Waals surface area (Å²) >= 11 is 0. The molecule has 12 nitrogen and oxygen atoms in total. The third-order valence-electron chi connectivity index (χ3n) is 10.5. The van der Waals surface area contributed by atoms with Crippen LogP contribution < -0.4 is 5.32 Å². The summed E-state index contributed by atoms with van der Waals surface area (Å²) in [4.78, 5) is 33.1. The monoisotopic (exact) mass is 773 g/mol. The molecule has 3 rings (SSSR count). The minimum absolute atomic E-state index is 0.0351. The van der Waals surface area contributed by atoms with Crippen molar-refractivity contribution in [3.8, 4) is 0 Å². The molecule has 11 atom stereocenters. The summed E-state index contributed by atoms with van der Waals surface area (Å²) in [6.07, 6.45) is 6.48. The summed E-state index contributed by atoms with van der Waals surface area (Å²) in [6, 6.07) is 8.07. The van der Waals surface area contributed by atoms with Crippen LogP contribution in [0.15, 0.2) is 60.2 Å². The largest absolute Gasteiger partial charge is 0.483 e. The number of methoxy groups -OCH3 is 1. The first-order valence-corrected chi connectivity index (χ1v) is 19.2. The van der Waals surface area contributed by atoms with Crippen molar-refractivity contribution in [3.05, 3.63) is 71.3 Å². The topological polar surface area (TPSA) is 184 Å². The SMILES string of the molecule is CC[C@H](OC)[C@@H](C)[C@H]1O[C@@H]1C(NCc1ccc(C(C)(C)C)cc1)C(C)(O)/C=C/C=C(\C)[C@H]1OC(=O)C[C@H](O)CC[C@@](C)(O)[C@@H](OC(C)=O)/C=C/[C@@H]1C.O=CO. The number of aliphatic hydroxyl groups excluding tert-OH is 1. The number of aliphatic hydroxyl groups is 3. The summed E-state index contributed by atoms with van der Waals surface area (Å²) in [5.41, 5.74) is 0.297. The molecule has 2 unspecified atom stereocenters. The van der Waals surface area contributed by atoms with E-state index in [9.17, 15) is 24.9 Å². The number of nitrogens with one attached hydrogen (secondary N) is 1. The lowest BCUT2D eigenvalue weighted by Crippen LogP contribution is -2.52. The zero-order chi connectivity index (χ0) is 41.7. The van der Waals surface area contributed by atoms with Crippen molar-refractivity contribution in [2.24, 2.45) is 11.8 Å². The molecule has 1 saturated heterocycles. The number of carbonyl (C=O) groups excluding carboxylic acids is 2. The van der Waals surface area contributed by atoms with Gasteiger partial charge in [0.15, 0.2) is 0 Å². The molecule has 0 radical (unpaired) electrons. The third-order valence-corrected chi connectivity index (χ3v) is 10.5. The van der Waals surface area contributed by atoms with Crippen molar-refractivity contribution in [1.82, 2.24) is 5.32 Å². The Balaban J connectivity index is 0.00000337. The number of ether oxygens (including phenoxy) is 4. The lowest BCUT2D eigenvalue weighted by atomic mass is 9.86. The first-order valence-electron chi connectivity index (χ1n) is 19.2. The van der Waals surface area contributed by atoms with Crippen LogP contribution in [0.4, 0.5) is 0 Å². The molecule has 1 fully saturated rings. The number of allylic oxidation sites excluding steroid dienone is 2. The van der Waals surface area contributed by atoms with E-state index in [1.165, 1.54) is 12.5 Å². The molecule has 1 aromatic rings. The van der Waals surface area contributed by atoms with Crippen molar-refractivity contribution in [2.45, 2.75) is 161 Å². The molecular formula is C43H67NO11. The first kappa shape index (κ1) is 47.8. The average Bonchev–Trinajstić information content (AvgIpc) is 3.88. The zero-order valence-corrected chi connectivity index (χ0v) is 34.7. The number of carboxylic acid groups (broad SMARTS) is 1. The second-order valence-electron chi connectivity index (χ2n) is 16.5. The average molecular weight is 774 g/mol. The molecule has 2 heterocycles. The highest BCUT2D eigenvalue weighted by molar-refractivity contribution is 5.70. The van der Waals surface area contributed by atoms with Crippen LogP contribution in [0.1, 0.15) is 106 Å². The summed E-state index contributed by atoms with van der Waals surface area (Å²) in [7, 11) is 1.72. The molecule has 0 spiro atoms. The second-order valence-corrected chi connectivity index (χ2v) is 16.5. The van der Waals surface area contributed by atoms with Gasteiger partial charge < -0.3 is 44.7 Å². The number of epoxide rings is 1. The molecule has 2 aliphatic heterocycles. The normalized spacial score (nSPS) is 29.9. The minimum atomic E-state index is -1.45. The van der Waals surface area contributed by atoms with Gasteiger partial charge in [-0.1, -0.05) is 90.1 Å². The van der Waals surface area contributed by atoms with Crippen LogP contribution >= 0.6 is 0 Å². The predicted octanol–water partition coefficient (Wildman–Crippen LogP) is 5.56. The Kier molecular flexibility index (Phi) is 18.4. The highest BCUT2D eigenvalue weighted by Gasteiger charge is 2.54. The van der Waals surface area contributed by atoms with Gasteiger partial charge in [-0.2, -0.15) is 0 Å². The number of esters is 2. The van der Waals surface area contributed by atoms with E-state index < -0.39 is 47.5 Å². The van der Waals surface area contributed by atoms with E-state index in [-0.39, 0.29) is 61.3 Å². The van der Waals surface area contributed by atoms with E-state index in [2.05, 4.69) is 64.2 Å². The lowest BCUT2D eigenvalue weighted by molar-refractivity contribution is -0.157. The molecule has 0 aromatic heterocycles. The van der Waals surface area contributed by atoms with Crippen molar-refractivity contribution < 1.29 is 53.8 Å². The maximum atomic E-state index is 12.9. The van der Waals surface area contributed by atoms with E-state index in [0.717, 1.165) is 12.0 Å². The summed E-state index contributed by atoms with van der Waals surface area (Å²) in [6.45, 7) is 19.3. The van der Waals surface area contributed by atoms with Crippen molar-refractivity contribution in [2.75, 3.05) is 7.11 Å². The van der Waals surface area contributed by atoms with Gasteiger partial charge in [-0.3, -0.25) is 14.4 Å². The molecule has 0 bridgehead atoms. The van der Waals surface area contributed by atoms with Gasteiger partial charge in [0.2, 0.25) is 0 Å². The Hall–Kier alpha value is -3.39. The number of carbonyl (C=O) groups is 3. The van der Waals surface area contributed by atoms with Gasteiger partial charge in [-0.05, 0) is 68.2 Å². The summed E-state index contributed by atoms with van der Waals surface area (Å²) in [5, 5.41) is 44.1. The molecule has 0 saturated carbocycles. The van der Waals surface area contributed by atoms with Crippen LogP contribution in [0.3, 0.4) is 0 Å². The number of cyclic esters (lactones) is 1. The van der Waals surface area contributed by atoms with Crippen LogP contribution in [0.25, 0.3) is 0 Å². The molecule has 12 heteroatoms. The van der Waals surface area contributed by atoms with Crippen molar-refractivity contribution >= 4 is 18.4 Å². The van der Waals surface area contributed by atoms with Crippen molar-refractivity contribution in [1.29, 1.82) is 0 Å². The van der Waals surface area contributed by atoms with Crippen molar-refractivity contribution in [3.63, 3.8) is 0 Å². The van der Waals surface area contributed by atoms with Crippen LogP contribution in [-0.4, -0.2) is 99.8 Å². The highest BCUT2D eigenvalue weighted by Crippen LogP contribution is 2.39. The van der Waals surface area contributed by atoms with Gasteiger partial charge in [-0.15, -0.1) is 0 Å². The standard InChI is InChI=1S/C42H65NO9.CH2O2/c1-12-33(49-11)28(4)37-38(52-37)39(43-25-30-16-18-31(19-17-30)40(6,7)8)42(10,48)22-13-14-26(2)36-27(3)15-20-34(50-29(5)44)41(9,47)23-21-32(45)24-35(46)51-36;2-1-3/h13-20,22,27-28,32-34,36-39,43,45,47-48H,12,21,23-25H2,1-11H3;1H,(H,2,3)/b20-15+,22-13+,26-14+;/t27-,28+,32+,33-,34-,36+,37+,38-,39?,41+,42?;/m0./s1. The van der Waals surface area contributed by atoms with E-state index in [1.54, 1.807) is 51.3 Å². The highest BCUT2D eigenvalue weighted by atomic mass is 16.6. The van der Waals surface area contributed by atoms with Gasteiger partial charge in [0.25, 0.3) is 6.47 Å². The first-order chi connectivity index (χ1) is 25.6. The summed E-state index contributed by atoms with van der Waals surface area (Å²) < 4.78 is 23.3. The van der Waals surface area contributed by atoms with Crippen LogP contribution in [0.2, 0.25) is 0 Å². The summed E-state index contributed by atoms with van der Waals surface area (Å²) in [5.74, 6) is -1.36. The molecule has 55 heavy (non-hydrogen) atoms. The van der Waals surface area contributed by atoms with Crippen LogP contribution in [0, 0.1) is 11.8 Å². The molecule has 310 valence electrons. The third kappa shape index (κ3) is 14.9.